The summed E-state index contributed by atoms with van der Waals surface area (Å²) < 4.78 is 1.94. The maximum atomic E-state index is 11.9. The number of aliphatic hydroxyl groups excluding tert-OH is 1. The molecule has 1 fully saturated rings. The molecule has 3 unspecified atom stereocenters. The van der Waals surface area contributed by atoms with Crippen LogP contribution in [-0.4, -0.2) is 40.3 Å². The van der Waals surface area contributed by atoms with Crippen LogP contribution in [0.25, 0.3) is 0 Å². The number of hydrogen-bond donors (Lipinski definition) is 1. The molecule has 2 aliphatic heterocycles. The van der Waals surface area contributed by atoms with E-state index in [0.717, 1.165) is 19.6 Å². The van der Waals surface area contributed by atoms with Gasteiger partial charge in [-0.25, -0.2) is 0 Å². The molecule has 4 heteroatoms. The first-order valence-electron chi connectivity index (χ1n) is 6.73. The van der Waals surface area contributed by atoms with E-state index in [0.29, 0.717) is 11.8 Å². The van der Waals surface area contributed by atoms with Crippen molar-refractivity contribution < 1.29 is 5.11 Å². The summed E-state index contributed by atoms with van der Waals surface area (Å²) in [6, 6.07) is 5.81. The van der Waals surface area contributed by atoms with Gasteiger partial charge in [0.2, 0.25) is 0 Å². The molecule has 1 saturated heterocycles. The van der Waals surface area contributed by atoms with Crippen molar-refractivity contribution in [1.29, 1.82) is 0 Å². The zero-order valence-electron chi connectivity index (χ0n) is 10.7. The van der Waals surface area contributed by atoms with Crippen molar-refractivity contribution in [3.63, 3.8) is 0 Å². The molecule has 2 aliphatic rings. The van der Waals surface area contributed by atoms with Crippen LogP contribution in [0.4, 0.5) is 0 Å². The normalized spacial score (nSPS) is 28.8. The van der Waals surface area contributed by atoms with Crippen LogP contribution in [0.5, 0.6) is 0 Å². The smallest absolute Gasteiger partial charge is 0.250 e. The lowest BCUT2D eigenvalue weighted by molar-refractivity contribution is 0.0602. The Hall–Kier alpha value is -1.13. The average Bonchev–Trinajstić information content (AvgIpc) is 2.39. The Bertz CT molecular complexity index is 497. The van der Waals surface area contributed by atoms with E-state index in [9.17, 15) is 9.90 Å². The third kappa shape index (κ3) is 1.89. The minimum atomic E-state index is 0.130. The molecule has 0 saturated carbocycles. The summed E-state index contributed by atoms with van der Waals surface area (Å²) in [5.74, 6) is 0.991. The number of hydrogen-bond acceptors (Lipinski definition) is 3. The lowest BCUT2D eigenvalue weighted by Crippen LogP contribution is -2.50. The van der Waals surface area contributed by atoms with Gasteiger partial charge in [0.05, 0.1) is 6.61 Å². The topological polar surface area (TPSA) is 45.5 Å². The lowest BCUT2D eigenvalue weighted by atomic mass is 9.82. The van der Waals surface area contributed by atoms with Crippen molar-refractivity contribution in [2.45, 2.75) is 31.8 Å². The molecule has 4 nitrogen and oxygen atoms in total. The minimum Gasteiger partial charge on any atom is -0.395 e. The van der Waals surface area contributed by atoms with E-state index < -0.39 is 0 Å². The fourth-order valence-corrected chi connectivity index (χ4v) is 3.41. The second-order valence-corrected chi connectivity index (χ2v) is 5.68. The number of rotatable bonds is 2. The molecule has 0 amide bonds. The summed E-state index contributed by atoms with van der Waals surface area (Å²) >= 11 is 0. The molecule has 0 aromatic carbocycles. The van der Waals surface area contributed by atoms with Gasteiger partial charge in [-0.1, -0.05) is 6.07 Å². The van der Waals surface area contributed by atoms with Gasteiger partial charge in [-0.05, 0) is 25.3 Å². The zero-order valence-corrected chi connectivity index (χ0v) is 10.7. The Morgan fingerprint density at radius 2 is 2.22 bits per heavy atom. The van der Waals surface area contributed by atoms with Crippen molar-refractivity contribution in [1.82, 2.24) is 9.47 Å². The summed E-state index contributed by atoms with van der Waals surface area (Å²) in [7, 11) is 0. The minimum absolute atomic E-state index is 0.130. The molecule has 3 rings (SSSR count). The van der Waals surface area contributed by atoms with E-state index in [1.54, 1.807) is 6.07 Å². The van der Waals surface area contributed by atoms with E-state index in [2.05, 4.69) is 17.9 Å². The summed E-state index contributed by atoms with van der Waals surface area (Å²) in [4.78, 5) is 14.2. The van der Waals surface area contributed by atoms with E-state index in [-0.39, 0.29) is 18.2 Å². The van der Waals surface area contributed by atoms with E-state index >= 15 is 0 Å². The van der Waals surface area contributed by atoms with Crippen LogP contribution >= 0.6 is 0 Å². The molecular formula is C14H20N2O2. The van der Waals surface area contributed by atoms with Gasteiger partial charge in [0.15, 0.2) is 0 Å². The average molecular weight is 248 g/mol. The number of likely N-dealkylation sites (tertiary alicyclic amines) is 1. The van der Waals surface area contributed by atoms with Gasteiger partial charge in [-0.2, -0.15) is 0 Å². The maximum absolute atomic E-state index is 11.9. The van der Waals surface area contributed by atoms with Crippen molar-refractivity contribution in [3.8, 4) is 0 Å². The number of fused-ring (bicyclic) bond motifs is 4. The Morgan fingerprint density at radius 1 is 1.39 bits per heavy atom. The zero-order chi connectivity index (χ0) is 12.7. The summed E-state index contributed by atoms with van der Waals surface area (Å²) in [6.45, 7) is 5.07. The van der Waals surface area contributed by atoms with Gasteiger partial charge in [0, 0.05) is 43.4 Å². The number of aliphatic hydroxyl groups is 1. The van der Waals surface area contributed by atoms with E-state index in [4.69, 9.17) is 0 Å². The van der Waals surface area contributed by atoms with E-state index in [1.807, 2.05) is 10.6 Å². The molecule has 0 aliphatic carbocycles. The second kappa shape index (κ2) is 4.52. The fraction of sp³-hybridized carbons (Fsp3) is 0.643. The molecule has 18 heavy (non-hydrogen) atoms. The predicted molar refractivity (Wildman–Crippen MR) is 69.7 cm³/mol. The molecule has 1 aromatic heterocycles. The summed E-state index contributed by atoms with van der Waals surface area (Å²) in [5, 5.41) is 9.29. The highest BCUT2D eigenvalue weighted by molar-refractivity contribution is 5.17. The second-order valence-electron chi connectivity index (χ2n) is 5.68. The van der Waals surface area contributed by atoms with Gasteiger partial charge in [0.25, 0.3) is 5.56 Å². The van der Waals surface area contributed by atoms with Gasteiger partial charge < -0.3 is 9.67 Å². The molecular weight excluding hydrogens is 228 g/mol. The van der Waals surface area contributed by atoms with Crippen LogP contribution in [0.1, 0.15) is 25.0 Å². The maximum Gasteiger partial charge on any atom is 0.250 e. The van der Waals surface area contributed by atoms with Crippen molar-refractivity contribution in [2.24, 2.45) is 5.92 Å². The lowest BCUT2D eigenvalue weighted by Gasteiger charge is -2.44. The van der Waals surface area contributed by atoms with Crippen LogP contribution < -0.4 is 5.56 Å². The molecule has 0 spiro atoms. The highest BCUT2D eigenvalue weighted by Crippen LogP contribution is 2.35. The molecule has 1 aromatic rings. The fourth-order valence-electron chi connectivity index (χ4n) is 3.41. The largest absolute Gasteiger partial charge is 0.395 e. The van der Waals surface area contributed by atoms with E-state index in [1.165, 1.54) is 12.1 Å². The molecule has 1 N–H and O–H groups in total. The quantitative estimate of drug-likeness (QED) is 0.836. The van der Waals surface area contributed by atoms with Crippen molar-refractivity contribution >= 4 is 0 Å². The van der Waals surface area contributed by atoms with Gasteiger partial charge >= 0.3 is 0 Å². The van der Waals surface area contributed by atoms with Gasteiger partial charge in [0.1, 0.15) is 0 Å². The van der Waals surface area contributed by atoms with Crippen LogP contribution in [0, 0.1) is 5.92 Å². The number of piperidine rings is 1. The Balaban J connectivity index is 1.92. The number of nitrogens with zero attached hydrogens (tertiary/aromatic N) is 2. The predicted octanol–water partition coefficient (Wildman–Crippen LogP) is 0.648. The third-order valence-electron chi connectivity index (χ3n) is 4.40. The highest BCUT2D eigenvalue weighted by atomic mass is 16.3. The number of pyridine rings is 1. The monoisotopic (exact) mass is 248 g/mol. The third-order valence-corrected chi connectivity index (χ3v) is 4.40. The standard InChI is InChI=1S/C14H20N2O2/c1-10(9-17)15-6-11-5-12(8-15)13-3-2-4-14(18)16(13)7-11/h2-4,10-12,17H,5-9H2,1H3. The SMILES string of the molecule is CC(CO)N1CC2CC(C1)c1cccc(=O)n1C2. The Kier molecular flexibility index (Phi) is 2.99. The first kappa shape index (κ1) is 11.9. The van der Waals surface area contributed by atoms with Crippen molar-refractivity contribution in [3.05, 3.63) is 34.2 Å². The highest BCUT2D eigenvalue weighted by Gasteiger charge is 2.35. The first-order chi connectivity index (χ1) is 8.69. The molecule has 3 heterocycles. The summed E-state index contributed by atoms with van der Waals surface area (Å²) in [5.41, 5.74) is 1.31. The van der Waals surface area contributed by atoms with Gasteiger partial charge in [-0.15, -0.1) is 0 Å². The van der Waals surface area contributed by atoms with Crippen LogP contribution in [-0.2, 0) is 6.54 Å². The summed E-state index contributed by atoms with van der Waals surface area (Å²) in [6.07, 6.45) is 1.18. The van der Waals surface area contributed by atoms with Crippen LogP contribution in [0.15, 0.2) is 23.0 Å². The Labute approximate surface area is 107 Å². The Morgan fingerprint density at radius 3 is 3.00 bits per heavy atom. The van der Waals surface area contributed by atoms with Crippen LogP contribution in [0.2, 0.25) is 0 Å². The molecule has 2 bridgehead atoms. The van der Waals surface area contributed by atoms with Gasteiger partial charge in [-0.3, -0.25) is 9.69 Å². The first-order valence-corrected chi connectivity index (χ1v) is 6.73. The van der Waals surface area contributed by atoms with Crippen molar-refractivity contribution in [2.75, 3.05) is 19.7 Å². The molecule has 3 atom stereocenters. The molecule has 0 radical (unpaired) electrons. The number of aromatic nitrogens is 1. The van der Waals surface area contributed by atoms with Crippen LogP contribution in [0.3, 0.4) is 0 Å². The molecule has 98 valence electrons.